The van der Waals surface area contributed by atoms with Gasteiger partial charge in [0.1, 0.15) is 24.9 Å². The van der Waals surface area contributed by atoms with E-state index in [1.54, 1.807) is 0 Å². The number of carboxylic acids is 1. The molecule has 1 fully saturated rings. The van der Waals surface area contributed by atoms with Crippen LogP contribution in [0.5, 0.6) is 0 Å². The van der Waals surface area contributed by atoms with Crippen molar-refractivity contribution in [1.29, 1.82) is 0 Å². The summed E-state index contributed by atoms with van der Waals surface area (Å²) in [6.07, 6.45) is 39.9. The first-order valence-corrected chi connectivity index (χ1v) is 26.7. The van der Waals surface area contributed by atoms with Crippen molar-refractivity contribution in [3.05, 3.63) is 12.2 Å². The van der Waals surface area contributed by atoms with Crippen LogP contribution in [0.1, 0.15) is 258 Å². The molecular weight excluding hydrogens is 813 g/mol. The van der Waals surface area contributed by atoms with E-state index in [1.165, 1.54) is 161 Å². The number of hydrogen-bond acceptors (Lipinski definition) is 10. The van der Waals surface area contributed by atoms with Gasteiger partial charge in [-0.1, -0.05) is 219 Å². The molecular formula is C53H98O11. The molecule has 4 N–H and O–H groups in total. The van der Waals surface area contributed by atoms with E-state index in [0.29, 0.717) is 12.8 Å². The normalized spacial score (nSPS) is 19.3. The number of aliphatic carboxylic acids is 1. The van der Waals surface area contributed by atoms with Gasteiger partial charge in [0.05, 0.1) is 6.61 Å². The molecule has 0 radical (unpaired) electrons. The molecule has 1 heterocycles. The maximum Gasteiger partial charge on any atom is 0.335 e. The lowest BCUT2D eigenvalue weighted by Crippen LogP contribution is -2.60. The number of carboxylic acid groups (broad SMARTS) is 1. The number of rotatable bonds is 46. The second-order valence-corrected chi connectivity index (χ2v) is 18.7. The van der Waals surface area contributed by atoms with Gasteiger partial charge in [-0.15, -0.1) is 0 Å². The van der Waals surface area contributed by atoms with Crippen LogP contribution >= 0.6 is 0 Å². The lowest BCUT2D eigenvalue weighted by Gasteiger charge is -2.38. The average Bonchev–Trinajstić information content (AvgIpc) is 3.28. The van der Waals surface area contributed by atoms with Gasteiger partial charge in [0.25, 0.3) is 0 Å². The van der Waals surface area contributed by atoms with E-state index < -0.39 is 54.7 Å². The number of carbonyl (C=O) groups is 3. The summed E-state index contributed by atoms with van der Waals surface area (Å²) in [6.45, 7) is 3.84. The highest BCUT2D eigenvalue weighted by atomic mass is 16.7. The molecule has 0 aromatic rings. The van der Waals surface area contributed by atoms with Gasteiger partial charge in [-0.25, -0.2) is 4.79 Å². The van der Waals surface area contributed by atoms with E-state index in [2.05, 4.69) is 26.0 Å². The lowest BCUT2D eigenvalue weighted by atomic mass is 9.99. The zero-order valence-corrected chi connectivity index (χ0v) is 41.0. The number of allylic oxidation sites excluding steroid dienone is 2. The van der Waals surface area contributed by atoms with Crippen LogP contribution < -0.4 is 0 Å². The molecule has 0 aliphatic carbocycles. The highest BCUT2D eigenvalue weighted by Gasteiger charge is 2.47. The van der Waals surface area contributed by atoms with Crippen LogP contribution in [0.15, 0.2) is 12.2 Å². The van der Waals surface area contributed by atoms with Crippen LogP contribution in [0.4, 0.5) is 0 Å². The van der Waals surface area contributed by atoms with E-state index in [0.717, 1.165) is 57.8 Å². The van der Waals surface area contributed by atoms with E-state index >= 15 is 0 Å². The Morgan fingerprint density at radius 2 is 0.828 bits per heavy atom. The SMILES string of the molecule is CCCCCCC/C=C\CCCCCCCC(=O)OCC(COC1OC(C(=O)O)C(O)C(O)C1O)OC(=O)CCCCCCCCCCCCCCCCCCCCCCCCCC. The van der Waals surface area contributed by atoms with Crippen LogP contribution in [0, 0.1) is 0 Å². The fourth-order valence-electron chi connectivity index (χ4n) is 8.41. The van der Waals surface area contributed by atoms with E-state index in [9.17, 15) is 34.8 Å². The molecule has 0 bridgehead atoms. The van der Waals surface area contributed by atoms with Gasteiger partial charge in [-0.3, -0.25) is 9.59 Å². The third-order valence-electron chi connectivity index (χ3n) is 12.6. The third-order valence-corrected chi connectivity index (χ3v) is 12.6. The van der Waals surface area contributed by atoms with Crippen molar-refractivity contribution in [3.8, 4) is 0 Å². The molecule has 1 rings (SSSR count). The van der Waals surface area contributed by atoms with Crippen molar-refractivity contribution in [1.82, 2.24) is 0 Å². The molecule has 11 nitrogen and oxygen atoms in total. The average molecular weight is 911 g/mol. The number of aliphatic hydroxyl groups excluding tert-OH is 3. The Kier molecular flexibility index (Phi) is 40.8. The van der Waals surface area contributed by atoms with E-state index in [-0.39, 0.29) is 26.1 Å². The zero-order valence-electron chi connectivity index (χ0n) is 41.0. The summed E-state index contributed by atoms with van der Waals surface area (Å²) in [5, 5.41) is 39.9. The Morgan fingerprint density at radius 1 is 0.469 bits per heavy atom. The van der Waals surface area contributed by atoms with Crippen molar-refractivity contribution in [2.45, 2.75) is 295 Å². The number of carbonyl (C=O) groups excluding carboxylic acids is 2. The second kappa shape index (κ2) is 43.5. The number of esters is 2. The molecule has 0 amide bonds. The number of hydrogen-bond donors (Lipinski definition) is 4. The predicted octanol–water partition coefficient (Wildman–Crippen LogP) is 12.8. The summed E-state index contributed by atoms with van der Waals surface area (Å²) in [6, 6.07) is 0. The van der Waals surface area contributed by atoms with Crippen molar-refractivity contribution < 1.29 is 53.8 Å². The van der Waals surface area contributed by atoms with Crippen LogP contribution in [-0.2, 0) is 33.3 Å². The van der Waals surface area contributed by atoms with Crippen LogP contribution in [-0.4, -0.2) is 88.4 Å². The maximum atomic E-state index is 12.8. The van der Waals surface area contributed by atoms with Crippen molar-refractivity contribution in [2.75, 3.05) is 13.2 Å². The van der Waals surface area contributed by atoms with Gasteiger partial charge in [0.2, 0.25) is 0 Å². The number of aliphatic hydroxyl groups is 3. The number of ether oxygens (including phenoxy) is 4. The topological polar surface area (TPSA) is 169 Å². The fraction of sp³-hybridized carbons (Fsp3) is 0.906. The Balaban J connectivity index is 2.24. The van der Waals surface area contributed by atoms with E-state index in [4.69, 9.17) is 18.9 Å². The van der Waals surface area contributed by atoms with E-state index in [1.807, 2.05) is 0 Å². The second-order valence-electron chi connectivity index (χ2n) is 18.7. The minimum atomic E-state index is -1.86. The first-order valence-electron chi connectivity index (χ1n) is 26.7. The first kappa shape index (κ1) is 60.0. The first-order chi connectivity index (χ1) is 31.2. The zero-order chi connectivity index (χ0) is 46.7. The van der Waals surface area contributed by atoms with Crippen LogP contribution in [0.3, 0.4) is 0 Å². The van der Waals surface area contributed by atoms with Gasteiger partial charge in [0, 0.05) is 12.8 Å². The molecule has 6 atom stereocenters. The summed E-state index contributed by atoms with van der Waals surface area (Å²) >= 11 is 0. The molecule has 0 saturated carbocycles. The standard InChI is InChI=1S/C53H98O11/c1-3-5-7-9-11-13-15-17-19-20-21-22-23-24-25-26-27-28-30-32-34-36-38-40-42-47(55)63-45(44-62-53-50(58)48(56)49(57)51(64-53)52(59)60)43-61-46(54)41-39-37-35-33-31-29-18-16-14-12-10-8-6-4-2/h16,18,45,48-51,53,56-58H,3-15,17,19-44H2,1-2H3,(H,59,60)/b18-16-. The fourth-order valence-corrected chi connectivity index (χ4v) is 8.41. The molecule has 1 aliphatic rings. The van der Waals surface area contributed by atoms with Gasteiger partial charge < -0.3 is 39.4 Å². The largest absolute Gasteiger partial charge is 0.479 e. The predicted molar refractivity (Wildman–Crippen MR) is 257 cm³/mol. The van der Waals surface area contributed by atoms with Crippen molar-refractivity contribution in [2.24, 2.45) is 0 Å². The molecule has 0 aromatic carbocycles. The summed E-state index contributed by atoms with van der Waals surface area (Å²) in [7, 11) is 0. The molecule has 1 saturated heterocycles. The Hall–Kier alpha value is -2.05. The Bertz CT molecular complexity index is 1120. The molecule has 64 heavy (non-hydrogen) atoms. The summed E-state index contributed by atoms with van der Waals surface area (Å²) in [5.74, 6) is -2.43. The molecule has 0 spiro atoms. The highest BCUT2D eigenvalue weighted by Crippen LogP contribution is 2.23. The molecule has 0 aromatic heterocycles. The Labute approximate surface area is 390 Å². The Morgan fingerprint density at radius 3 is 1.22 bits per heavy atom. The van der Waals surface area contributed by atoms with Gasteiger partial charge >= 0.3 is 17.9 Å². The molecule has 1 aliphatic heterocycles. The lowest BCUT2D eigenvalue weighted by molar-refractivity contribution is -0.298. The summed E-state index contributed by atoms with van der Waals surface area (Å²) in [5.41, 5.74) is 0. The smallest absolute Gasteiger partial charge is 0.335 e. The van der Waals surface area contributed by atoms with Crippen molar-refractivity contribution in [3.63, 3.8) is 0 Å². The minimum Gasteiger partial charge on any atom is -0.479 e. The summed E-state index contributed by atoms with van der Waals surface area (Å²) in [4.78, 5) is 37.0. The molecule has 11 heteroatoms. The van der Waals surface area contributed by atoms with Gasteiger partial charge in [-0.2, -0.15) is 0 Å². The minimum absolute atomic E-state index is 0.188. The van der Waals surface area contributed by atoms with Crippen LogP contribution in [0.2, 0.25) is 0 Å². The molecule has 6 unspecified atom stereocenters. The summed E-state index contributed by atoms with van der Waals surface area (Å²) < 4.78 is 21.8. The third kappa shape index (κ3) is 34.3. The monoisotopic (exact) mass is 911 g/mol. The van der Waals surface area contributed by atoms with Crippen LogP contribution in [0.25, 0.3) is 0 Å². The van der Waals surface area contributed by atoms with Gasteiger partial charge in [-0.05, 0) is 38.5 Å². The highest BCUT2D eigenvalue weighted by molar-refractivity contribution is 5.73. The number of unbranched alkanes of at least 4 members (excludes halogenated alkanes) is 33. The molecule has 376 valence electrons. The quantitative estimate of drug-likeness (QED) is 0.0260. The van der Waals surface area contributed by atoms with Crippen molar-refractivity contribution >= 4 is 17.9 Å². The van der Waals surface area contributed by atoms with Gasteiger partial charge in [0.15, 0.2) is 18.5 Å². The maximum absolute atomic E-state index is 12.8.